The monoisotopic (exact) mass is 749 g/mol. The van der Waals surface area contributed by atoms with Gasteiger partial charge in [0.2, 0.25) is 0 Å². The highest BCUT2D eigenvalue weighted by Gasteiger charge is 2.94. The molecule has 0 spiro atoms. The van der Waals surface area contributed by atoms with Crippen molar-refractivity contribution in [1.29, 1.82) is 0 Å². The summed E-state index contributed by atoms with van der Waals surface area (Å²) >= 11 is 0. The van der Waals surface area contributed by atoms with E-state index in [9.17, 15) is 75.0 Å². The molecule has 0 saturated heterocycles. The Kier molecular flexibility index (Phi) is 13.0. The molecule has 0 unspecified atom stereocenters. The van der Waals surface area contributed by atoms with Gasteiger partial charge in [-0.3, -0.25) is 4.79 Å². The van der Waals surface area contributed by atoms with Crippen LogP contribution in [-0.4, -0.2) is 71.5 Å². The molecule has 0 aliphatic heterocycles. The first kappa shape index (κ1) is 44.2. The van der Waals surface area contributed by atoms with E-state index < -0.39 is 71.5 Å². The molecule has 0 heterocycles. The predicted molar refractivity (Wildman–Crippen MR) is 143 cm³/mol. The van der Waals surface area contributed by atoms with Gasteiger partial charge in [-0.1, -0.05) is 19.9 Å². The maximum atomic E-state index is 14.2. The van der Waals surface area contributed by atoms with E-state index in [0.29, 0.717) is 29.9 Å². The number of hydrogen-bond donors (Lipinski definition) is 1. The van der Waals surface area contributed by atoms with Gasteiger partial charge in [0.15, 0.2) is 0 Å². The lowest BCUT2D eigenvalue weighted by atomic mass is 9.89. The van der Waals surface area contributed by atoms with E-state index in [1.807, 2.05) is 27.7 Å². The van der Waals surface area contributed by atoms with Gasteiger partial charge in [-0.2, -0.15) is 61.5 Å². The van der Waals surface area contributed by atoms with Crippen LogP contribution in [0.25, 0.3) is 0 Å². The van der Waals surface area contributed by atoms with Crippen LogP contribution in [0.1, 0.15) is 72.8 Å². The molecule has 0 aliphatic carbocycles. The zero-order valence-corrected chi connectivity index (χ0v) is 26.8. The number of amides is 1. The smallest absolute Gasteiger partial charge is 0.392 e. The number of benzene rings is 1. The first-order valence-electron chi connectivity index (χ1n) is 14.5. The summed E-state index contributed by atoms with van der Waals surface area (Å²) in [5.41, 5.74) is -0.755. The van der Waals surface area contributed by atoms with E-state index in [1.165, 1.54) is 0 Å². The van der Waals surface area contributed by atoms with Gasteiger partial charge in [0.05, 0.1) is 0 Å². The van der Waals surface area contributed by atoms with Gasteiger partial charge in [-0.25, -0.2) is 8.78 Å². The quantitative estimate of drug-likeness (QED) is 0.113. The Morgan fingerprint density at radius 3 is 1.59 bits per heavy atom. The molecule has 1 aromatic carbocycles. The number of ether oxygens (including phenoxy) is 2. The van der Waals surface area contributed by atoms with Crippen LogP contribution >= 0.6 is 0 Å². The lowest BCUT2D eigenvalue weighted by Gasteiger charge is -2.42. The number of alkyl halides is 16. The summed E-state index contributed by atoms with van der Waals surface area (Å²) in [4.78, 5) is 11.7. The van der Waals surface area contributed by atoms with Crippen molar-refractivity contribution >= 4 is 5.91 Å². The summed E-state index contributed by atoms with van der Waals surface area (Å²) in [6, 6.07) is 4.72. The molecule has 286 valence electrons. The molecule has 4 nitrogen and oxygen atoms in total. The van der Waals surface area contributed by atoms with E-state index >= 15 is 0 Å². The van der Waals surface area contributed by atoms with E-state index in [4.69, 9.17) is 9.47 Å². The van der Waals surface area contributed by atoms with Crippen LogP contribution in [0.3, 0.4) is 0 Å². The van der Waals surface area contributed by atoms with Gasteiger partial charge < -0.3 is 14.8 Å². The second-order valence-corrected chi connectivity index (χ2v) is 12.3. The number of rotatable bonds is 19. The van der Waals surface area contributed by atoms with Crippen LogP contribution in [0.5, 0.6) is 11.5 Å². The van der Waals surface area contributed by atoms with Crippen molar-refractivity contribution in [2.45, 2.75) is 133 Å². The SMILES string of the molecule is CCC(C)(C)Oc1ccc(CCCCNC(=O)C(F)(F)C(F)(F)C(F)(F)C(F)(F)C(F)(F)C(F)(F)C(F)(F)C(F)F)c(OC(C)(C)CC)c1. The number of unbranched alkanes of at least 4 members (excludes halogenated alkanes) is 1. The molecule has 0 bridgehead atoms. The van der Waals surface area contributed by atoms with E-state index in [1.54, 1.807) is 32.0 Å². The van der Waals surface area contributed by atoms with Gasteiger partial charge >= 0.3 is 47.9 Å². The molecule has 0 aliphatic rings. The van der Waals surface area contributed by atoms with Crippen molar-refractivity contribution in [3.05, 3.63) is 23.8 Å². The fraction of sp³-hybridized carbons (Fsp3) is 0.759. The summed E-state index contributed by atoms with van der Waals surface area (Å²) in [6.45, 7) is 9.84. The van der Waals surface area contributed by atoms with Crippen molar-refractivity contribution in [3.63, 3.8) is 0 Å². The molecule has 0 fully saturated rings. The zero-order chi connectivity index (χ0) is 38.9. The normalized spacial score (nSPS) is 14.7. The molecular formula is C29H35F16NO3. The molecule has 49 heavy (non-hydrogen) atoms. The van der Waals surface area contributed by atoms with Crippen LogP contribution in [-0.2, 0) is 11.2 Å². The van der Waals surface area contributed by atoms with Gasteiger partial charge in [0, 0.05) is 12.6 Å². The number of halogens is 16. The molecule has 1 amide bonds. The van der Waals surface area contributed by atoms with Crippen molar-refractivity contribution in [1.82, 2.24) is 5.32 Å². The fourth-order valence-electron chi connectivity index (χ4n) is 3.69. The van der Waals surface area contributed by atoms with Crippen LogP contribution in [0.2, 0.25) is 0 Å². The van der Waals surface area contributed by atoms with Gasteiger partial charge in [-0.05, 0) is 71.4 Å². The highest BCUT2D eigenvalue weighted by Crippen LogP contribution is 2.62. The third kappa shape index (κ3) is 8.39. The number of carbonyl (C=O) groups excluding carboxylic acids is 1. The molecule has 0 atom stereocenters. The van der Waals surface area contributed by atoms with Crippen LogP contribution < -0.4 is 14.8 Å². The lowest BCUT2D eigenvalue weighted by molar-refractivity contribution is -0.443. The average Bonchev–Trinajstić information content (AvgIpc) is 2.96. The fourth-order valence-corrected chi connectivity index (χ4v) is 3.69. The molecule has 1 aromatic rings. The Labute approximate surface area is 270 Å². The first-order valence-corrected chi connectivity index (χ1v) is 14.5. The van der Waals surface area contributed by atoms with Crippen LogP contribution in [0.4, 0.5) is 70.2 Å². The number of hydrogen-bond acceptors (Lipinski definition) is 3. The Hall–Kier alpha value is -2.83. The van der Waals surface area contributed by atoms with Crippen LogP contribution in [0.15, 0.2) is 18.2 Å². The van der Waals surface area contributed by atoms with E-state index in [0.717, 1.165) is 5.32 Å². The molecular weight excluding hydrogens is 714 g/mol. The highest BCUT2D eigenvalue weighted by molar-refractivity contribution is 5.84. The van der Waals surface area contributed by atoms with Crippen molar-refractivity contribution < 1.29 is 84.5 Å². The maximum Gasteiger partial charge on any atom is 0.392 e. The van der Waals surface area contributed by atoms with Crippen molar-refractivity contribution in [3.8, 4) is 11.5 Å². The molecule has 0 aromatic heterocycles. The summed E-state index contributed by atoms with van der Waals surface area (Å²) in [5.74, 6) is -58.9. The molecule has 0 radical (unpaired) electrons. The summed E-state index contributed by atoms with van der Waals surface area (Å²) < 4.78 is 228. The Morgan fingerprint density at radius 1 is 0.673 bits per heavy atom. The van der Waals surface area contributed by atoms with Crippen molar-refractivity contribution in [2.24, 2.45) is 0 Å². The third-order valence-corrected chi connectivity index (χ3v) is 7.63. The number of nitrogens with one attached hydrogen (secondary N) is 1. The molecule has 1 N–H and O–H groups in total. The molecule has 1 rings (SSSR count). The number of aryl methyl sites for hydroxylation is 1. The van der Waals surface area contributed by atoms with E-state index in [-0.39, 0.29) is 19.3 Å². The van der Waals surface area contributed by atoms with Gasteiger partial charge in [-0.15, -0.1) is 0 Å². The summed E-state index contributed by atoms with van der Waals surface area (Å²) in [7, 11) is 0. The number of carbonyl (C=O) groups is 1. The zero-order valence-electron chi connectivity index (χ0n) is 26.8. The topological polar surface area (TPSA) is 47.6 Å². The highest BCUT2D eigenvalue weighted by atomic mass is 19.4. The minimum atomic E-state index is -8.56. The summed E-state index contributed by atoms with van der Waals surface area (Å²) in [5, 5.41) is 0.997. The lowest BCUT2D eigenvalue weighted by Crippen LogP contribution is -2.74. The van der Waals surface area contributed by atoms with Gasteiger partial charge in [0.25, 0.3) is 5.91 Å². The Morgan fingerprint density at radius 2 is 1.12 bits per heavy atom. The summed E-state index contributed by atoms with van der Waals surface area (Å²) in [6.07, 6.45) is -5.14. The maximum absolute atomic E-state index is 14.2. The second-order valence-electron chi connectivity index (χ2n) is 12.3. The minimum absolute atomic E-state index is 0.0559. The average molecular weight is 750 g/mol. The molecule has 0 saturated carbocycles. The second kappa shape index (κ2) is 14.4. The standard InChI is InChI=1S/C29H35F16NO3/c1-7-21(3,4)48-17-13-12-16(18(15-17)49-22(5,6)8-2)11-9-10-14-46-20(47)24(34,35)26(38,39)28(42,43)29(44,45)27(40,41)25(36,37)23(32,33)19(30)31/h12-13,15,19H,7-11,14H2,1-6H3,(H,46,47). The largest absolute Gasteiger partial charge is 0.488 e. The van der Waals surface area contributed by atoms with Gasteiger partial charge in [0.1, 0.15) is 22.7 Å². The van der Waals surface area contributed by atoms with Crippen LogP contribution in [0, 0.1) is 0 Å². The predicted octanol–water partition coefficient (Wildman–Crippen LogP) is 9.97. The first-order chi connectivity index (χ1) is 21.7. The third-order valence-electron chi connectivity index (χ3n) is 7.63. The Bertz CT molecular complexity index is 1280. The van der Waals surface area contributed by atoms with E-state index in [2.05, 4.69) is 0 Å². The molecule has 20 heteroatoms. The Balaban J connectivity index is 3.14. The minimum Gasteiger partial charge on any atom is -0.488 e. The van der Waals surface area contributed by atoms with Crippen molar-refractivity contribution in [2.75, 3.05) is 6.54 Å².